The molecule has 0 fully saturated rings. The fraction of sp³-hybridized carbons (Fsp3) is 0.500. The summed E-state index contributed by atoms with van der Waals surface area (Å²) in [6, 6.07) is 1.76. The summed E-state index contributed by atoms with van der Waals surface area (Å²) < 4.78 is 11.2. The molecule has 17 heavy (non-hydrogen) atoms. The molecule has 0 aliphatic carbocycles. The van der Waals surface area contributed by atoms with E-state index < -0.39 is 0 Å². The molecule has 1 aromatic carbocycles. The summed E-state index contributed by atoms with van der Waals surface area (Å²) in [5, 5.41) is 0.600. The number of rotatable bonds is 3. The van der Waals surface area contributed by atoms with E-state index in [1.54, 1.807) is 6.07 Å². The van der Waals surface area contributed by atoms with Crippen molar-refractivity contribution in [1.29, 1.82) is 0 Å². The number of hydrogen-bond donors (Lipinski definition) is 1. The second kappa shape index (κ2) is 5.12. The maximum Gasteiger partial charge on any atom is 0.165 e. The van der Waals surface area contributed by atoms with Gasteiger partial charge in [0, 0.05) is 17.2 Å². The lowest BCUT2D eigenvalue weighted by Crippen LogP contribution is -2.18. The fourth-order valence-corrected chi connectivity index (χ4v) is 2.31. The van der Waals surface area contributed by atoms with Gasteiger partial charge in [0.1, 0.15) is 13.2 Å². The molecule has 0 spiro atoms. The lowest BCUT2D eigenvalue weighted by atomic mass is 9.95. The predicted molar refractivity (Wildman–Crippen MR) is 65.5 cm³/mol. The van der Waals surface area contributed by atoms with Crippen LogP contribution in [0.3, 0.4) is 0 Å². The first-order valence-corrected chi connectivity index (χ1v) is 5.95. The third kappa shape index (κ3) is 2.34. The lowest BCUT2D eigenvalue weighted by Gasteiger charge is -2.25. The maximum atomic E-state index is 6.22. The van der Waals surface area contributed by atoms with Crippen molar-refractivity contribution in [2.75, 3.05) is 13.2 Å². The molecule has 1 aromatic rings. The molecule has 2 rings (SSSR count). The Morgan fingerprint density at radius 1 is 1.41 bits per heavy atom. The van der Waals surface area contributed by atoms with Crippen LogP contribution in [0, 0.1) is 0 Å². The molecular weight excluding hydrogens is 242 g/mol. The fourth-order valence-electron chi connectivity index (χ4n) is 2.06. The van der Waals surface area contributed by atoms with Gasteiger partial charge in [0.2, 0.25) is 0 Å². The van der Waals surface area contributed by atoms with Gasteiger partial charge in [-0.25, -0.2) is 5.90 Å². The van der Waals surface area contributed by atoms with Gasteiger partial charge in [0.25, 0.3) is 0 Å². The molecule has 0 radical (unpaired) electrons. The molecule has 0 amide bonds. The first-order valence-electron chi connectivity index (χ1n) is 5.57. The monoisotopic (exact) mass is 257 g/mol. The molecule has 0 unspecified atom stereocenters. The van der Waals surface area contributed by atoms with Crippen LogP contribution in [-0.2, 0) is 11.4 Å². The van der Waals surface area contributed by atoms with Crippen LogP contribution in [0.1, 0.15) is 30.9 Å². The molecule has 94 valence electrons. The molecule has 2 N–H and O–H groups in total. The Hall–Kier alpha value is -0.970. The minimum atomic E-state index is 0.259. The highest BCUT2D eigenvalue weighted by molar-refractivity contribution is 6.31. The quantitative estimate of drug-likeness (QED) is 0.846. The van der Waals surface area contributed by atoms with Gasteiger partial charge in [-0.2, -0.15) is 0 Å². The van der Waals surface area contributed by atoms with Gasteiger partial charge in [-0.15, -0.1) is 0 Å². The third-order valence-corrected chi connectivity index (χ3v) is 3.07. The van der Waals surface area contributed by atoms with Crippen molar-refractivity contribution in [3.63, 3.8) is 0 Å². The van der Waals surface area contributed by atoms with E-state index in [0.717, 1.165) is 16.9 Å². The third-order valence-electron chi connectivity index (χ3n) is 2.73. The molecular formula is C12H16ClNO3. The Bertz CT molecular complexity index is 421. The second-order valence-electron chi connectivity index (χ2n) is 4.24. The Kier molecular flexibility index (Phi) is 3.76. The van der Waals surface area contributed by atoms with Gasteiger partial charge in [-0.3, -0.25) is 4.84 Å². The van der Waals surface area contributed by atoms with Crippen LogP contribution in [0.5, 0.6) is 11.5 Å². The molecule has 0 bridgehead atoms. The van der Waals surface area contributed by atoms with E-state index in [0.29, 0.717) is 24.0 Å². The Morgan fingerprint density at radius 3 is 2.76 bits per heavy atom. The second-order valence-corrected chi connectivity index (χ2v) is 4.65. The van der Waals surface area contributed by atoms with Gasteiger partial charge in [-0.1, -0.05) is 25.4 Å². The summed E-state index contributed by atoms with van der Waals surface area (Å²) in [5.41, 5.74) is 1.88. The van der Waals surface area contributed by atoms with Crippen LogP contribution < -0.4 is 15.4 Å². The van der Waals surface area contributed by atoms with E-state index in [1.807, 2.05) is 0 Å². The Morgan fingerprint density at radius 2 is 2.12 bits per heavy atom. The molecule has 4 nitrogen and oxygen atoms in total. The van der Waals surface area contributed by atoms with E-state index in [-0.39, 0.29) is 12.5 Å². The largest absolute Gasteiger partial charge is 0.486 e. The van der Waals surface area contributed by atoms with E-state index in [2.05, 4.69) is 13.8 Å². The van der Waals surface area contributed by atoms with Gasteiger partial charge < -0.3 is 9.47 Å². The Labute approximate surface area is 106 Å². The minimum absolute atomic E-state index is 0.259. The molecule has 1 aliphatic rings. The van der Waals surface area contributed by atoms with Gasteiger partial charge in [-0.05, 0) is 5.92 Å². The average Bonchev–Trinajstić information content (AvgIpc) is 2.29. The zero-order valence-electron chi connectivity index (χ0n) is 9.96. The van der Waals surface area contributed by atoms with Crippen molar-refractivity contribution in [3.8, 4) is 11.5 Å². The highest BCUT2D eigenvalue weighted by Crippen LogP contribution is 2.43. The van der Waals surface area contributed by atoms with Crippen LogP contribution in [0.2, 0.25) is 5.02 Å². The summed E-state index contributed by atoms with van der Waals surface area (Å²) in [6.45, 7) is 5.52. The zero-order valence-corrected chi connectivity index (χ0v) is 10.7. The average molecular weight is 258 g/mol. The number of halogens is 1. The summed E-state index contributed by atoms with van der Waals surface area (Å²) in [6.07, 6.45) is 0. The molecule has 5 heteroatoms. The summed E-state index contributed by atoms with van der Waals surface area (Å²) in [4.78, 5) is 4.71. The molecule has 0 atom stereocenters. The highest BCUT2D eigenvalue weighted by atomic mass is 35.5. The van der Waals surface area contributed by atoms with Crippen molar-refractivity contribution < 1.29 is 14.3 Å². The van der Waals surface area contributed by atoms with Crippen molar-refractivity contribution in [2.24, 2.45) is 5.90 Å². The van der Waals surface area contributed by atoms with Crippen molar-refractivity contribution >= 4 is 11.6 Å². The van der Waals surface area contributed by atoms with E-state index in [9.17, 15) is 0 Å². The smallest absolute Gasteiger partial charge is 0.165 e. The predicted octanol–water partition coefficient (Wildman–Crippen LogP) is 2.62. The highest BCUT2D eigenvalue weighted by Gasteiger charge is 2.24. The molecule has 1 heterocycles. The van der Waals surface area contributed by atoms with Gasteiger partial charge in [0.05, 0.1) is 11.6 Å². The number of hydrogen-bond acceptors (Lipinski definition) is 4. The van der Waals surface area contributed by atoms with Crippen molar-refractivity contribution in [3.05, 3.63) is 22.2 Å². The van der Waals surface area contributed by atoms with E-state index in [4.69, 9.17) is 31.8 Å². The lowest BCUT2D eigenvalue weighted by molar-refractivity contribution is 0.122. The SMILES string of the molecule is CC(C)c1c(CON)c(Cl)cc2c1OCCO2. The molecule has 1 aliphatic heterocycles. The van der Waals surface area contributed by atoms with E-state index in [1.165, 1.54) is 0 Å². The van der Waals surface area contributed by atoms with Gasteiger partial charge in [0.15, 0.2) is 11.5 Å². The topological polar surface area (TPSA) is 53.7 Å². The van der Waals surface area contributed by atoms with Gasteiger partial charge >= 0.3 is 0 Å². The number of nitrogens with two attached hydrogens (primary N) is 1. The molecule has 0 saturated heterocycles. The summed E-state index contributed by atoms with van der Waals surface area (Å²) in [7, 11) is 0. The first-order chi connectivity index (χ1) is 8.15. The van der Waals surface area contributed by atoms with Crippen LogP contribution in [0.15, 0.2) is 6.07 Å². The number of benzene rings is 1. The maximum absolute atomic E-state index is 6.22. The Balaban J connectivity index is 2.58. The number of fused-ring (bicyclic) bond motifs is 1. The molecule has 0 saturated carbocycles. The van der Waals surface area contributed by atoms with Crippen LogP contribution in [-0.4, -0.2) is 13.2 Å². The van der Waals surface area contributed by atoms with Crippen LogP contribution >= 0.6 is 11.6 Å². The van der Waals surface area contributed by atoms with E-state index >= 15 is 0 Å². The molecule has 0 aromatic heterocycles. The first kappa shape index (κ1) is 12.5. The zero-order chi connectivity index (χ0) is 12.4. The van der Waals surface area contributed by atoms with Crippen molar-refractivity contribution in [2.45, 2.75) is 26.4 Å². The van der Waals surface area contributed by atoms with Crippen LogP contribution in [0.25, 0.3) is 0 Å². The normalized spacial score (nSPS) is 14.2. The standard InChI is InChI=1S/C12H16ClNO3/c1-7(2)11-8(6-17-14)9(13)5-10-12(11)16-4-3-15-10/h5,7H,3-4,6,14H2,1-2H3. The van der Waals surface area contributed by atoms with Crippen molar-refractivity contribution in [1.82, 2.24) is 0 Å². The summed E-state index contributed by atoms with van der Waals surface area (Å²) >= 11 is 6.22. The minimum Gasteiger partial charge on any atom is -0.486 e. The summed E-state index contributed by atoms with van der Waals surface area (Å²) in [5.74, 6) is 6.87. The van der Waals surface area contributed by atoms with Crippen LogP contribution in [0.4, 0.5) is 0 Å². The number of ether oxygens (including phenoxy) is 2.